The maximum absolute atomic E-state index is 13.3. The zero-order valence-corrected chi connectivity index (χ0v) is 18.8. The monoisotopic (exact) mass is 509 g/mol. The smallest absolute Gasteiger partial charge is 0.131 e. The summed E-state index contributed by atoms with van der Waals surface area (Å²) in [5, 5.41) is 0. The summed E-state index contributed by atoms with van der Waals surface area (Å²) in [6, 6.07) is 17.6. The fraction of sp³-hybridized carbons (Fsp3) is 0.273. The van der Waals surface area contributed by atoms with E-state index in [4.69, 9.17) is 4.74 Å². The van der Waals surface area contributed by atoms with E-state index in [2.05, 4.69) is 44.0 Å². The number of halogens is 3. The summed E-state index contributed by atoms with van der Waals surface area (Å²) in [7, 11) is 0. The van der Waals surface area contributed by atoms with Crippen LogP contribution in [-0.4, -0.2) is 6.61 Å². The van der Waals surface area contributed by atoms with Crippen molar-refractivity contribution in [2.75, 3.05) is 6.61 Å². The average molecular weight is 511 g/mol. The Labute approximate surface area is 180 Å². The minimum Gasteiger partial charge on any atom is -0.494 e. The molecule has 1 aromatic heterocycles. The van der Waals surface area contributed by atoms with Gasteiger partial charge in [-0.15, -0.1) is 11.3 Å². The lowest BCUT2D eigenvalue weighted by molar-refractivity contribution is 0.304. The molecule has 3 aromatic rings. The molecular formula is C22H20Br2FOS. The lowest BCUT2D eigenvalue weighted by Gasteiger charge is -2.07. The Bertz CT molecular complexity index is 861. The third kappa shape index (κ3) is 6.44. The second kappa shape index (κ2) is 10.4. The molecule has 0 aliphatic carbocycles. The van der Waals surface area contributed by atoms with Gasteiger partial charge in [0.15, 0.2) is 0 Å². The zero-order valence-electron chi connectivity index (χ0n) is 14.8. The van der Waals surface area contributed by atoms with Crippen LogP contribution < -0.4 is 4.74 Å². The van der Waals surface area contributed by atoms with Crippen molar-refractivity contribution in [1.82, 2.24) is 0 Å². The lowest BCUT2D eigenvalue weighted by atomic mass is 10.1. The molecule has 0 aliphatic rings. The van der Waals surface area contributed by atoms with Crippen LogP contribution in [0.3, 0.4) is 0 Å². The summed E-state index contributed by atoms with van der Waals surface area (Å²) in [5.74, 6) is 0.508. The molecule has 0 spiro atoms. The predicted molar refractivity (Wildman–Crippen MR) is 118 cm³/mol. The molecule has 1 heterocycles. The molecule has 0 saturated heterocycles. The second-order valence-electron chi connectivity index (χ2n) is 6.30. The van der Waals surface area contributed by atoms with E-state index >= 15 is 0 Å². The standard InChI is InChI=1S/C22H20Br2FOS/c23-21-15-18(22(24)27-21)6-3-1-2-4-13-26-20-11-9-16(10-12-20)17-7-5-8-19(25)14-17/h5,7-12,15H,1-4,6,13H2. The summed E-state index contributed by atoms with van der Waals surface area (Å²) in [6.07, 6.45) is 5.73. The van der Waals surface area contributed by atoms with Gasteiger partial charge >= 0.3 is 0 Å². The minimum atomic E-state index is -0.341. The molecule has 1 nitrogen and oxygen atoms in total. The van der Waals surface area contributed by atoms with Gasteiger partial charge in [0.1, 0.15) is 11.6 Å². The van der Waals surface area contributed by atoms with Gasteiger partial charge < -0.3 is 4.74 Å². The number of benzene rings is 2. The molecule has 0 N–H and O–H groups in total. The highest BCUT2D eigenvalue weighted by molar-refractivity contribution is 9.12. The highest BCUT2D eigenvalue weighted by Gasteiger charge is 2.05. The van der Waals surface area contributed by atoms with E-state index in [9.17, 15) is 4.39 Å². The van der Waals surface area contributed by atoms with Gasteiger partial charge in [0.2, 0.25) is 0 Å². The van der Waals surface area contributed by atoms with Crippen LogP contribution in [0.15, 0.2) is 56.1 Å². The van der Waals surface area contributed by atoms with Gasteiger partial charge in [0, 0.05) is 6.07 Å². The van der Waals surface area contributed by atoms with Gasteiger partial charge in [-0.2, -0.15) is 0 Å². The number of hydrogen-bond acceptors (Lipinski definition) is 2. The summed E-state index contributed by atoms with van der Waals surface area (Å²) in [6.45, 7) is 0.721. The van der Waals surface area contributed by atoms with E-state index in [1.807, 2.05) is 30.3 Å². The Morgan fingerprint density at radius 1 is 0.963 bits per heavy atom. The van der Waals surface area contributed by atoms with E-state index in [0.29, 0.717) is 0 Å². The number of unbranched alkanes of at least 4 members (excludes halogenated alkanes) is 3. The topological polar surface area (TPSA) is 9.23 Å². The molecule has 141 valence electrons. The van der Waals surface area contributed by atoms with Crippen LogP contribution >= 0.6 is 43.2 Å². The zero-order chi connectivity index (χ0) is 19.1. The quantitative estimate of drug-likeness (QED) is 0.264. The fourth-order valence-electron chi connectivity index (χ4n) is 2.85. The summed E-state index contributed by atoms with van der Waals surface area (Å²) in [4.78, 5) is 0. The third-order valence-corrected chi connectivity index (χ3v) is 6.72. The van der Waals surface area contributed by atoms with Gasteiger partial charge in [0.05, 0.1) is 14.2 Å². The van der Waals surface area contributed by atoms with E-state index < -0.39 is 0 Å². The fourth-order valence-corrected chi connectivity index (χ4v) is 5.76. The summed E-state index contributed by atoms with van der Waals surface area (Å²) >= 11 is 8.86. The Hall–Kier alpha value is -1.17. The maximum atomic E-state index is 13.3. The lowest BCUT2D eigenvalue weighted by Crippen LogP contribution is -1.97. The van der Waals surface area contributed by atoms with Gasteiger partial charge in [-0.05, 0) is 92.1 Å². The van der Waals surface area contributed by atoms with Crippen LogP contribution in [0.2, 0.25) is 0 Å². The first-order valence-electron chi connectivity index (χ1n) is 8.96. The number of thiophene rings is 1. The van der Waals surface area contributed by atoms with Crippen molar-refractivity contribution < 1.29 is 9.13 Å². The second-order valence-corrected chi connectivity index (χ2v) is 10.0. The first-order valence-corrected chi connectivity index (χ1v) is 11.4. The molecule has 0 aliphatic heterocycles. The van der Waals surface area contributed by atoms with Gasteiger partial charge in [0.25, 0.3) is 0 Å². The number of aryl methyl sites for hydroxylation is 1. The molecule has 1 radical (unpaired) electrons. The Morgan fingerprint density at radius 2 is 1.74 bits per heavy atom. The van der Waals surface area contributed by atoms with E-state index in [1.54, 1.807) is 17.4 Å². The average Bonchev–Trinajstić information content (AvgIpc) is 2.98. The molecule has 0 unspecified atom stereocenters. The van der Waals surface area contributed by atoms with Crippen LogP contribution in [0.4, 0.5) is 4.39 Å². The predicted octanol–water partition coefficient (Wildman–Crippen LogP) is 8.06. The summed E-state index contributed by atoms with van der Waals surface area (Å²) in [5.41, 5.74) is 3.08. The van der Waals surface area contributed by atoms with Crippen molar-refractivity contribution in [1.29, 1.82) is 0 Å². The largest absolute Gasteiger partial charge is 0.494 e. The molecule has 2 aromatic carbocycles. The van der Waals surface area contributed by atoms with Crippen molar-refractivity contribution in [2.24, 2.45) is 0 Å². The number of hydrogen-bond donors (Lipinski definition) is 0. The van der Waals surface area contributed by atoms with Crippen LogP contribution in [0.1, 0.15) is 31.2 Å². The molecule has 0 amide bonds. The molecule has 0 fully saturated rings. The SMILES string of the molecule is Fc1[c]c(-c2ccc(OCCCCCCc3cc(Br)sc3Br)cc2)ccc1. The third-order valence-electron chi connectivity index (χ3n) is 4.26. The van der Waals surface area contributed by atoms with Crippen molar-refractivity contribution in [3.05, 3.63) is 73.6 Å². The number of rotatable bonds is 9. The highest BCUT2D eigenvalue weighted by atomic mass is 79.9. The Kier molecular flexibility index (Phi) is 7.92. The van der Waals surface area contributed by atoms with Crippen molar-refractivity contribution in [3.8, 4) is 16.9 Å². The Balaban J connectivity index is 1.34. The van der Waals surface area contributed by atoms with Crippen molar-refractivity contribution in [2.45, 2.75) is 32.1 Å². The summed E-state index contributed by atoms with van der Waals surface area (Å²) < 4.78 is 21.5. The minimum absolute atomic E-state index is 0.341. The van der Waals surface area contributed by atoms with Crippen LogP contribution in [-0.2, 0) is 6.42 Å². The van der Waals surface area contributed by atoms with E-state index in [-0.39, 0.29) is 5.82 Å². The van der Waals surface area contributed by atoms with Gasteiger partial charge in [-0.1, -0.05) is 37.1 Å². The van der Waals surface area contributed by atoms with Gasteiger partial charge in [-0.3, -0.25) is 0 Å². The molecule has 27 heavy (non-hydrogen) atoms. The van der Waals surface area contributed by atoms with E-state index in [0.717, 1.165) is 36.3 Å². The first kappa shape index (κ1) is 20.6. The molecule has 0 saturated carbocycles. The van der Waals surface area contributed by atoms with Gasteiger partial charge in [-0.25, -0.2) is 4.39 Å². The molecule has 0 atom stereocenters. The van der Waals surface area contributed by atoms with Crippen molar-refractivity contribution in [3.63, 3.8) is 0 Å². The molecule has 5 heteroatoms. The van der Waals surface area contributed by atoms with Crippen LogP contribution in [0.5, 0.6) is 5.75 Å². The van der Waals surface area contributed by atoms with Crippen LogP contribution in [0.25, 0.3) is 11.1 Å². The molecule has 3 rings (SSSR count). The molecule has 0 bridgehead atoms. The normalized spacial score (nSPS) is 10.9. The van der Waals surface area contributed by atoms with Crippen LogP contribution in [0, 0.1) is 11.9 Å². The number of ether oxygens (including phenoxy) is 1. The highest BCUT2D eigenvalue weighted by Crippen LogP contribution is 2.32. The Morgan fingerprint density at radius 3 is 2.44 bits per heavy atom. The van der Waals surface area contributed by atoms with Crippen molar-refractivity contribution >= 4 is 43.2 Å². The molecular weight excluding hydrogens is 491 g/mol. The maximum Gasteiger partial charge on any atom is 0.131 e. The first-order chi connectivity index (χ1) is 13.1. The van der Waals surface area contributed by atoms with E-state index in [1.165, 1.54) is 38.5 Å².